The number of nitrogens with zero attached hydrogens (tertiary/aromatic N) is 3. The number of carboxylic acids is 1. The van der Waals surface area contributed by atoms with E-state index in [0.717, 1.165) is 6.07 Å². The normalized spacial score (nSPS) is 10.2. The van der Waals surface area contributed by atoms with Crippen LogP contribution in [0.2, 0.25) is 0 Å². The minimum Gasteiger partial charge on any atom is -0.478 e. The summed E-state index contributed by atoms with van der Waals surface area (Å²) in [6.07, 6.45) is 3.16. The van der Waals surface area contributed by atoms with E-state index in [0.29, 0.717) is 5.69 Å². The number of hydrogen-bond acceptors (Lipinski definition) is 5. The largest absolute Gasteiger partial charge is 0.478 e. The van der Waals surface area contributed by atoms with Gasteiger partial charge in [-0.2, -0.15) is 5.10 Å². The third-order valence-electron chi connectivity index (χ3n) is 2.43. The van der Waals surface area contributed by atoms with Gasteiger partial charge < -0.3 is 10.4 Å². The van der Waals surface area contributed by atoms with E-state index in [9.17, 15) is 14.9 Å². The van der Waals surface area contributed by atoms with Crippen molar-refractivity contribution in [3.8, 4) is 0 Å². The fourth-order valence-electron chi connectivity index (χ4n) is 1.56. The molecule has 0 radical (unpaired) electrons. The standard InChI is InChI=1S/C11H10N4O4/c1-14-6-8(5-12-14)13-9-3-2-7(11(16)17)4-10(9)15(18)19/h2-6,13H,1H3,(H,16,17). The van der Waals surface area contributed by atoms with Gasteiger partial charge in [0.25, 0.3) is 5.69 Å². The number of benzene rings is 1. The fourth-order valence-corrected chi connectivity index (χ4v) is 1.56. The molecule has 1 aromatic heterocycles. The van der Waals surface area contributed by atoms with Crippen molar-refractivity contribution in [3.63, 3.8) is 0 Å². The van der Waals surface area contributed by atoms with Gasteiger partial charge in [0.05, 0.1) is 22.4 Å². The van der Waals surface area contributed by atoms with E-state index in [1.165, 1.54) is 18.3 Å². The lowest BCUT2D eigenvalue weighted by Crippen LogP contribution is -2.01. The number of aromatic nitrogens is 2. The maximum absolute atomic E-state index is 10.9. The highest BCUT2D eigenvalue weighted by atomic mass is 16.6. The highest BCUT2D eigenvalue weighted by molar-refractivity contribution is 5.90. The molecule has 8 nitrogen and oxygen atoms in total. The van der Waals surface area contributed by atoms with Gasteiger partial charge >= 0.3 is 5.97 Å². The van der Waals surface area contributed by atoms with Gasteiger partial charge in [-0.3, -0.25) is 14.8 Å². The summed E-state index contributed by atoms with van der Waals surface area (Å²) >= 11 is 0. The van der Waals surface area contributed by atoms with E-state index >= 15 is 0 Å². The number of aryl methyl sites for hydroxylation is 1. The Morgan fingerprint density at radius 2 is 2.26 bits per heavy atom. The summed E-state index contributed by atoms with van der Waals surface area (Å²) in [5.41, 5.74) is 0.351. The molecule has 1 heterocycles. The molecule has 0 saturated carbocycles. The number of aromatic carboxylic acids is 1. The zero-order valence-corrected chi connectivity index (χ0v) is 9.90. The lowest BCUT2D eigenvalue weighted by atomic mass is 10.1. The van der Waals surface area contributed by atoms with E-state index in [2.05, 4.69) is 10.4 Å². The lowest BCUT2D eigenvalue weighted by molar-refractivity contribution is -0.383. The third-order valence-corrected chi connectivity index (χ3v) is 2.43. The SMILES string of the molecule is Cn1cc(Nc2ccc(C(=O)O)cc2[N+](=O)[O-])cn1. The Kier molecular flexibility index (Phi) is 3.15. The third kappa shape index (κ3) is 2.68. The summed E-state index contributed by atoms with van der Waals surface area (Å²) in [5, 5.41) is 26.5. The summed E-state index contributed by atoms with van der Waals surface area (Å²) in [4.78, 5) is 21.1. The summed E-state index contributed by atoms with van der Waals surface area (Å²) in [6, 6.07) is 3.67. The number of carboxylic acid groups (broad SMARTS) is 1. The van der Waals surface area contributed by atoms with Gasteiger partial charge in [0, 0.05) is 19.3 Å². The molecule has 1 aromatic carbocycles. The average Bonchev–Trinajstić information content (AvgIpc) is 2.74. The van der Waals surface area contributed by atoms with Gasteiger partial charge in [0.1, 0.15) is 5.69 Å². The predicted octanol–water partition coefficient (Wildman–Crippen LogP) is 1.77. The molecule has 2 rings (SSSR count). The molecule has 0 aliphatic carbocycles. The summed E-state index contributed by atoms with van der Waals surface area (Å²) in [6.45, 7) is 0. The second-order valence-corrected chi connectivity index (χ2v) is 3.82. The molecule has 19 heavy (non-hydrogen) atoms. The highest BCUT2D eigenvalue weighted by Gasteiger charge is 2.17. The van der Waals surface area contributed by atoms with Crippen LogP contribution < -0.4 is 5.32 Å². The smallest absolute Gasteiger partial charge is 0.335 e. The van der Waals surface area contributed by atoms with Crippen molar-refractivity contribution < 1.29 is 14.8 Å². The predicted molar refractivity (Wildman–Crippen MR) is 66.5 cm³/mol. The molecule has 0 saturated heterocycles. The molecule has 0 aliphatic heterocycles. The molecular formula is C11H10N4O4. The number of anilines is 2. The van der Waals surface area contributed by atoms with Crippen LogP contribution in [0.15, 0.2) is 30.6 Å². The average molecular weight is 262 g/mol. The summed E-state index contributed by atoms with van der Waals surface area (Å²) in [5.74, 6) is -1.21. The zero-order valence-electron chi connectivity index (χ0n) is 9.90. The van der Waals surface area contributed by atoms with Gasteiger partial charge in [0.2, 0.25) is 0 Å². The topological polar surface area (TPSA) is 110 Å². The lowest BCUT2D eigenvalue weighted by Gasteiger charge is -2.05. The van der Waals surface area contributed by atoms with Crippen LogP contribution in [0.5, 0.6) is 0 Å². The number of nitrogens with one attached hydrogen (secondary N) is 1. The maximum Gasteiger partial charge on any atom is 0.335 e. The molecule has 98 valence electrons. The molecule has 8 heteroatoms. The number of carbonyl (C=O) groups is 1. The molecule has 0 unspecified atom stereocenters. The molecule has 2 N–H and O–H groups in total. The number of nitro benzene ring substituents is 1. The Labute approximate surface area is 107 Å². The van der Waals surface area contributed by atoms with Crippen molar-refractivity contribution >= 4 is 23.0 Å². The monoisotopic (exact) mass is 262 g/mol. The summed E-state index contributed by atoms with van der Waals surface area (Å²) < 4.78 is 1.54. The van der Waals surface area contributed by atoms with Crippen molar-refractivity contribution in [2.24, 2.45) is 7.05 Å². The van der Waals surface area contributed by atoms with Crippen LogP contribution in [-0.4, -0.2) is 25.8 Å². The molecule has 0 fully saturated rings. The van der Waals surface area contributed by atoms with Crippen molar-refractivity contribution in [2.75, 3.05) is 5.32 Å². The van der Waals surface area contributed by atoms with Gasteiger partial charge in [-0.15, -0.1) is 0 Å². The van der Waals surface area contributed by atoms with Gasteiger partial charge in [-0.25, -0.2) is 4.79 Å². The number of hydrogen-bond donors (Lipinski definition) is 2. The molecule has 0 spiro atoms. The Morgan fingerprint density at radius 1 is 1.53 bits per heavy atom. The molecule has 0 aliphatic rings. The Balaban J connectivity index is 2.39. The first-order valence-corrected chi connectivity index (χ1v) is 5.25. The highest BCUT2D eigenvalue weighted by Crippen LogP contribution is 2.28. The Morgan fingerprint density at radius 3 is 2.79 bits per heavy atom. The van der Waals surface area contributed by atoms with Crippen molar-refractivity contribution in [1.29, 1.82) is 0 Å². The van der Waals surface area contributed by atoms with Crippen LogP contribution in [0.4, 0.5) is 17.1 Å². The van der Waals surface area contributed by atoms with Crippen LogP contribution in [0.1, 0.15) is 10.4 Å². The fraction of sp³-hybridized carbons (Fsp3) is 0.0909. The Bertz CT molecular complexity index is 650. The quantitative estimate of drug-likeness (QED) is 0.641. The Hall–Kier alpha value is -2.90. The maximum atomic E-state index is 10.9. The van der Waals surface area contributed by atoms with Crippen LogP contribution in [0.3, 0.4) is 0 Å². The van der Waals surface area contributed by atoms with Gasteiger partial charge in [-0.05, 0) is 12.1 Å². The molecule has 0 amide bonds. The minimum absolute atomic E-state index is 0.136. The van der Waals surface area contributed by atoms with Crippen molar-refractivity contribution in [1.82, 2.24) is 9.78 Å². The molecular weight excluding hydrogens is 252 g/mol. The second-order valence-electron chi connectivity index (χ2n) is 3.82. The minimum atomic E-state index is -1.21. The van der Waals surface area contributed by atoms with E-state index in [1.54, 1.807) is 17.9 Å². The van der Waals surface area contributed by atoms with Crippen LogP contribution in [0.25, 0.3) is 0 Å². The van der Waals surface area contributed by atoms with E-state index < -0.39 is 10.9 Å². The van der Waals surface area contributed by atoms with E-state index in [1.807, 2.05) is 0 Å². The van der Waals surface area contributed by atoms with Crippen molar-refractivity contribution in [3.05, 3.63) is 46.3 Å². The van der Waals surface area contributed by atoms with Gasteiger partial charge in [-0.1, -0.05) is 0 Å². The first-order valence-electron chi connectivity index (χ1n) is 5.25. The number of nitro groups is 1. The van der Waals surface area contributed by atoms with Crippen LogP contribution in [-0.2, 0) is 7.05 Å². The number of rotatable bonds is 4. The van der Waals surface area contributed by atoms with Crippen molar-refractivity contribution in [2.45, 2.75) is 0 Å². The van der Waals surface area contributed by atoms with E-state index in [4.69, 9.17) is 5.11 Å². The zero-order chi connectivity index (χ0) is 14.0. The summed E-state index contributed by atoms with van der Waals surface area (Å²) in [7, 11) is 1.72. The van der Waals surface area contributed by atoms with Gasteiger partial charge in [0.15, 0.2) is 0 Å². The molecule has 0 atom stereocenters. The molecule has 2 aromatic rings. The molecule has 0 bridgehead atoms. The van der Waals surface area contributed by atoms with Crippen LogP contribution >= 0.6 is 0 Å². The first kappa shape index (κ1) is 12.6. The second kappa shape index (κ2) is 4.77. The van der Waals surface area contributed by atoms with E-state index in [-0.39, 0.29) is 16.9 Å². The first-order chi connectivity index (χ1) is 8.97. The van der Waals surface area contributed by atoms with Crippen LogP contribution in [0, 0.1) is 10.1 Å².